The first-order valence-corrected chi connectivity index (χ1v) is 7.36. The van der Waals surface area contributed by atoms with Crippen molar-refractivity contribution in [3.63, 3.8) is 0 Å². The molecule has 1 aromatic carbocycles. The third kappa shape index (κ3) is 1.89. The summed E-state index contributed by atoms with van der Waals surface area (Å²) in [7, 11) is 0. The van der Waals surface area contributed by atoms with Crippen molar-refractivity contribution in [2.24, 2.45) is 0 Å². The minimum atomic E-state index is 0.151. The first-order valence-electron chi connectivity index (χ1n) is 7.36. The molecule has 2 aromatic rings. The lowest BCUT2D eigenvalue weighted by atomic mass is 9.72. The van der Waals surface area contributed by atoms with Crippen molar-refractivity contribution < 1.29 is 0 Å². The number of aromatic nitrogens is 2. The second-order valence-electron chi connectivity index (χ2n) is 6.59. The third-order valence-electron chi connectivity index (χ3n) is 4.32. The molecule has 0 aliphatic heterocycles. The highest BCUT2D eigenvalue weighted by atomic mass is 15.1. The molecule has 20 heavy (non-hydrogen) atoms. The molecule has 102 valence electrons. The van der Waals surface area contributed by atoms with Crippen LogP contribution in [0.5, 0.6) is 0 Å². The van der Waals surface area contributed by atoms with Crippen molar-refractivity contribution in [1.82, 2.24) is 9.97 Å². The van der Waals surface area contributed by atoms with Gasteiger partial charge in [0.1, 0.15) is 0 Å². The summed E-state index contributed by atoms with van der Waals surface area (Å²) in [6.07, 6.45) is 5.49. The number of nitrogens with one attached hydrogen (secondary N) is 1. The zero-order valence-electron chi connectivity index (χ0n) is 12.0. The number of fused-ring (bicyclic) bond motifs is 3. The molecule has 0 bridgehead atoms. The Labute approximate surface area is 119 Å². The molecule has 2 aliphatic carbocycles. The quantitative estimate of drug-likeness (QED) is 0.902. The van der Waals surface area contributed by atoms with E-state index >= 15 is 0 Å². The van der Waals surface area contributed by atoms with E-state index in [4.69, 9.17) is 4.98 Å². The van der Waals surface area contributed by atoms with Gasteiger partial charge in [0.25, 0.3) is 0 Å². The van der Waals surface area contributed by atoms with E-state index in [1.165, 1.54) is 29.5 Å². The summed E-state index contributed by atoms with van der Waals surface area (Å²) in [6, 6.07) is 9.22. The molecular weight excluding hydrogens is 246 g/mol. The fourth-order valence-corrected chi connectivity index (χ4v) is 3.10. The molecule has 0 saturated heterocycles. The zero-order chi connectivity index (χ0) is 13.7. The molecule has 3 heteroatoms. The summed E-state index contributed by atoms with van der Waals surface area (Å²) in [5.41, 5.74) is 5.18. The average molecular weight is 265 g/mol. The van der Waals surface area contributed by atoms with Crippen LogP contribution in [0.15, 0.2) is 30.5 Å². The molecule has 0 spiro atoms. The number of hydrogen-bond acceptors (Lipinski definition) is 3. The molecule has 0 atom stereocenters. The Morgan fingerprint density at radius 3 is 2.80 bits per heavy atom. The summed E-state index contributed by atoms with van der Waals surface area (Å²) in [5.74, 6) is 0.778. The lowest BCUT2D eigenvalue weighted by Gasteiger charge is -2.33. The smallest absolute Gasteiger partial charge is 0.223 e. The lowest BCUT2D eigenvalue weighted by Crippen LogP contribution is -2.26. The van der Waals surface area contributed by atoms with Crippen LogP contribution in [0.1, 0.15) is 37.8 Å². The van der Waals surface area contributed by atoms with Crippen LogP contribution in [0.3, 0.4) is 0 Å². The van der Waals surface area contributed by atoms with Crippen molar-refractivity contribution in [3.8, 4) is 11.3 Å². The van der Waals surface area contributed by atoms with Crippen molar-refractivity contribution in [2.45, 2.75) is 44.6 Å². The summed E-state index contributed by atoms with van der Waals surface area (Å²) >= 11 is 0. The van der Waals surface area contributed by atoms with Gasteiger partial charge in [-0.25, -0.2) is 9.97 Å². The maximum absolute atomic E-state index is 4.78. The highest BCUT2D eigenvalue weighted by Gasteiger charge is 2.32. The summed E-state index contributed by atoms with van der Waals surface area (Å²) in [5, 5.41) is 3.40. The van der Waals surface area contributed by atoms with E-state index in [1.807, 2.05) is 6.20 Å². The Hall–Kier alpha value is -1.90. The maximum atomic E-state index is 4.78. The van der Waals surface area contributed by atoms with Crippen LogP contribution in [-0.2, 0) is 11.8 Å². The van der Waals surface area contributed by atoms with Crippen molar-refractivity contribution in [1.29, 1.82) is 0 Å². The predicted octanol–water partition coefficient (Wildman–Crippen LogP) is 3.55. The van der Waals surface area contributed by atoms with E-state index in [0.29, 0.717) is 6.04 Å². The standard InChI is InChI=1S/C17H19N3/c1-17(2)9-11-10-18-16(19-12-7-8-12)20-15(11)13-5-3-4-6-14(13)17/h3-6,10,12H,7-9H2,1-2H3,(H,18,19,20). The number of hydrogen-bond donors (Lipinski definition) is 1. The van der Waals surface area contributed by atoms with Gasteiger partial charge in [-0.05, 0) is 35.8 Å². The molecule has 1 aromatic heterocycles. The first-order chi connectivity index (χ1) is 9.63. The van der Waals surface area contributed by atoms with Crippen LogP contribution < -0.4 is 5.32 Å². The minimum absolute atomic E-state index is 0.151. The largest absolute Gasteiger partial charge is 0.351 e. The molecule has 2 aliphatic rings. The van der Waals surface area contributed by atoms with Crippen molar-refractivity contribution in [3.05, 3.63) is 41.6 Å². The number of anilines is 1. The number of nitrogens with zero attached hydrogens (tertiary/aromatic N) is 2. The molecule has 3 nitrogen and oxygen atoms in total. The van der Waals surface area contributed by atoms with Gasteiger partial charge in [0.15, 0.2) is 0 Å². The Balaban J connectivity index is 1.84. The van der Waals surface area contributed by atoms with Gasteiger partial charge in [-0.15, -0.1) is 0 Å². The topological polar surface area (TPSA) is 37.8 Å². The molecule has 4 rings (SSSR count). The van der Waals surface area contributed by atoms with E-state index < -0.39 is 0 Å². The van der Waals surface area contributed by atoms with Gasteiger partial charge in [-0.2, -0.15) is 0 Å². The highest BCUT2D eigenvalue weighted by Crippen LogP contribution is 2.42. The van der Waals surface area contributed by atoms with Gasteiger partial charge >= 0.3 is 0 Å². The Morgan fingerprint density at radius 2 is 2.00 bits per heavy atom. The SMILES string of the molecule is CC1(C)Cc2cnc(NC3CC3)nc2-c2ccccc21. The van der Waals surface area contributed by atoms with E-state index in [0.717, 1.165) is 18.1 Å². The molecule has 1 heterocycles. The fraction of sp³-hybridized carbons (Fsp3) is 0.412. The Morgan fingerprint density at radius 1 is 1.20 bits per heavy atom. The molecule has 0 radical (unpaired) electrons. The summed E-state index contributed by atoms with van der Waals surface area (Å²) in [6.45, 7) is 4.59. The van der Waals surface area contributed by atoms with Crippen LogP contribution >= 0.6 is 0 Å². The van der Waals surface area contributed by atoms with E-state index in [2.05, 4.69) is 48.4 Å². The van der Waals surface area contributed by atoms with Crippen LogP contribution in [0.2, 0.25) is 0 Å². The van der Waals surface area contributed by atoms with Gasteiger partial charge in [0, 0.05) is 17.8 Å². The normalized spacial score (nSPS) is 19.1. The van der Waals surface area contributed by atoms with E-state index in [-0.39, 0.29) is 5.41 Å². The van der Waals surface area contributed by atoms with Crippen LogP contribution in [0.4, 0.5) is 5.95 Å². The van der Waals surface area contributed by atoms with Gasteiger partial charge in [0.2, 0.25) is 5.95 Å². The fourth-order valence-electron chi connectivity index (χ4n) is 3.10. The lowest BCUT2D eigenvalue weighted by molar-refractivity contribution is 0.514. The van der Waals surface area contributed by atoms with E-state index in [1.54, 1.807) is 0 Å². The highest BCUT2D eigenvalue weighted by molar-refractivity contribution is 5.72. The number of rotatable bonds is 2. The molecule has 1 saturated carbocycles. The molecule has 0 unspecified atom stereocenters. The molecule has 0 amide bonds. The van der Waals surface area contributed by atoms with Gasteiger partial charge < -0.3 is 5.32 Å². The van der Waals surface area contributed by atoms with Crippen LogP contribution in [-0.4, -0.2) is 16.0 Å². The second-order valence-corrected chi connectivity index (χ2v) is 6.59. The van der Waals surface area contributed by atoms with Crippen LogP contribution in [0, 0.1) is 0 Å². The minimum Gasteiger partial charge on any atom is -0.351 e. The first kappa shape index (κ1) is 11.9. The average Bonchev–Trinajstić information content (AvgIpc) is 3.24. The number of benzene rings is 1. The van der Waals surface area contributed by atoms with Crippen molar-refractivity contribution in [2.75, 3.05) is 5.32 Å². The molecule has 1 fully saturated rings. The summed E-state index contributed by atoms with van der Waals surface area (Å²) in [4.78, 5) is 9.27. The van der Waals surface area contributed by atoms with Gasteiger partial charge in [0.05, 0.1) is 5.69 Å². The van der Waals surface area contributed by atoms with Gasteiger partial charge in [-0.3, -0.25) is 0 Å². The Bertz CT molecular complexity index is 672. The zero-order valence-corrected chi connectivity index (χ0v) is 12.0. The Kier molecular flexibility index (Phi) is 2.40. The van der Waals surface area contributed by atoms with E-state index in [9.17, 15) is 0 Å². The molecule has 1 N–H and O–H groups in total. The second kappa shape index (κ2) is 4.05. The van der Waals surface area contributed by atoms with Gasteiger partial charge in [-0.1, -0.05) is 38.1 Å². The third-order valence-corrected chi connectivity index (χ3v) is 4.32. The van der Waals surface area contributed by atoms with Crippen LogP contribution in [0.25, 0.3) is 11.3 Å². The summed E-state index contributed by atoms with van der Waals surface area (Å²) < 4.78 is 0. The predicted molar refractivity (Wildman–Crippen MR) is 80.8 cm³/mol. The van der Waals surface area contributed by atoms with Crippen molar-refractivity contribution >= 4 is 5.95 Å². The molecular formula is C17H19N3. The monoisotopic (exact) mass is 265 g/mol. The maximum Gasteiger partial charge on any atom is 0.223 e.